The number of hydrogen-bond donors (Lipinski definition) is 2. The number of fused-ring (bicyclic) bond motifs is 3. The van der Waals surface area contributed by atoms with Crippen molar-refractivity contribution in [2.45, 2.75) is 61.9 Å². The number of aryl methyl sites for hydroxylation is 2. The summed E-state index contributed by atoms with van der Waals surface area (Å²) in [5, 5.41) is 7.86. The van der Waals surface area contributed by atoms with E-state index in [0.29, 0.717) is 31.1 Å². The van der Waals surface area contributed by atoms with Gasteiger partial charge in [-0.05, 0) is 77.5 Å². The second-order valence-electron chi connectivity index (χ2n) is 12.8. The van der Waals surface area contributed by atoms with Crippen LogP contribution in [0, 0.1) is 0 Å². The Morgan fingerprint density at radius 3 is 1.90 bits per heavy atom. The van der Waals surface area contributed by atoms with Gasteiger partial charge in [0.25, 0.3) is 0 Å². The molecule has 9 heteroatoms. The van der Waals surface area contributed by atoms with E-state index in [1.807, 2.05) is 95.7 Å². The summed E-state index contributed by atoms with van der Waals surface area (Å²) >= 11 is 0. The van der Waals surface area contributed by atoms with Crippen LogP contribution >= 0.6 is 0 Å². The highest BCUT2D eigenvalue weighted by Gasteiger charge is 2.40. The maximum atomic E-state index is 16.0. The Labute approximate surface area is 281 Å². The SMILES string of the molecule is O=C(Nc1c2c(cc3c1CCC3)CCC2)NS(=O)(=NC(c1ccccc1)(c1ccccc1)c1ccccc1)c1cnn2c1CCOCC2. The first-order valence-electron chi connectivity index (χ1n) is 16.9. The average molecular weight is 658 g/mol. The van der Waals surface area contributed by atoms with E-state index in [4.69, 9.17) is 9.10 Å². The molecule has 1 unspecified atom stereocenters. The van der Waals surface area contributed by atoms with Crippen molar-refractivity contribution >= 4 is 21.6 Å². The molecule has 0 saturated heterocycles. The van der Waals surface area contributed by atoms with Crippen LogP contribution in [0.1, 0.15) is 57.5 Å². The second kappa shape index (κ2) is 12.7. The summed E-state index contributed by atoms with van der Waals surface area (Å²) in [6, 6.07) is 31.5. The van der Waals surface area contributed by atoms with Gasteiger partial charge >= 0.3 is 6.03 Å². The minimum atomic E-state index is -3.71. The summed E-state index contributed by atoms with van der Waals surface area (Å²) in [5.74, 6) is 0. The molecule has 1 aromatic heterocycles. The number of nitrogens with one attached hydrogen (secondary N) is 2. The Morgan fingerprint density at radius 2 is 1.33 bits per heavy atom. The molecule has 1 atom stereocenters. The average Bonchev–Trinajstić information content (AvgIpc) is 3.86. The molecule has 3 aliphatic rings. The van der Waals surface area contributed by atoms with E-state index in [1.54, 1.807) is 6.20 Å². The Morgan fingerprint density at radius 1 is 0.771 bits per heavy atom. The van der Waals surface area contributed by atoms with E-state index in [-0.39, 0.29) is 0 Å². The first-order chi connectivity index (χ1) is 23.5. The van der Waals surface area contributed by atoms with Crippen LogP contribution < -0.4 is 10.0 Å². The molecule has 2 heterocycles. The molecule has 5 aromatic rings. The number of nitrogens with zero attached hydrogens (tertiary/aromatic N) is 3. The minimum Gasteiger partial charge on any atom is -0.379 e. The van der Waals surface area contributed by atoms with Crippen LogP contribution in [0.5, 0.6) is 0 Å². The summed E-state index contributed by atoms with van der Waals surface area (Å²) in [4.78, 5) is 14.7. The van der Waals surface area contributed by atoms with Gasteiger partial charge in [0, 0.05) is 12.1 Å². The quantitative estimate of drug-likeness (QED) is 0.185. The summed E-state index contributed by atoms with van der Waals surface area (Å²) < 4.78 is 32.0. The van der Waals surface area contributed by atoms with Crippen molar-refractivity contribution < 1.29 is 13.7 Å². The lowest BCUT2D eigenvalue weighted by atomic mass is 9.78. The van der Waals surface area contributed by atoms with Crippen molar-refractivity contribution in [3.63, 3.8) is 0 Å². The molecule has 48 heavy (non-hydrogen) atoms. The highest BCUT2D eigenvalue weighted by Crippen LogP contribution is 2.43. The molecule has 2 amide bonds. The molecule has 0 spiro atoms. The Kier molecular flexibility index (Phi) is 8.10. The molecule has 0 saturated carbocycles. The van der Waals surface area contributed by atoms with Gasteiger partial charge in [-0.3, -0.25) is 4.68 Å². The Balaban J connectivity index is 1.35. The molecule has 4 aromatic carbocycles. The third-order valence-electron chi connectivity index (χ3n) is 9.92. The lowest BCUT2D eigenvalue weighted by Gasteiger charge is -2.33. The zero-order valence-electron chi connectivity index (χ0n) is 26.9. The largest absolute Gasteiger partial charge is 0.379 e. The van der Waals surface area contributed by atoms with Crippen molar-refractivity contribution in [2.24, 2.45) is 4.36 Å². The zero-order chi connectivity index (χ0) is 32.6. The smallest absolute Gasteiger partial charge is 0.331 e. The van der Waals surface area contributed by atoms with Crippen LogP contribution in [0.3, 0.4) is 0 Å². The molecule has 244 valence electrons. The number of rotatable bonds is 7. The van der Waals surface area contributed by atoms with Crippen LogP contribution in [0.25, 0.3) is 0 Å². The molecule has 8 rings (SSSR count). The molecule has 1 aliphatic heterocycles. The fourth-order valence-electron chi connectivity index (χ4n) is 7.74. The van der Waals surface area contributed by atoms with Gasteiger partial charge < -0.3 is 10.1 Å². The lowest BCUT2D eigenvalue weighted by Crippen LogP contribution is -2.38. The van der Waals surface area contributed by atoms with Crippen LogP contribution in [0.15, 0.2) is 113 Å². The number of anilines is 1. The molecule has 0 fully saturated rings. The van der Waals surface area contributed by atoms with Crippen LogP contribution in [0.2, 0.25) is 0 Å². The normalized spacial score (nSPS) is 16.6. The lowest BCUT2D eigenvalue weighted by molar-refractivity contribution is 0.138. The van der Waals surface area contributed by atoms with Crippen LogP contribution in [0.4, 0.5) is 10.5 Å². The van der Waals surface area contributed by atoms with Crippen molar-refractivity contribution in [1.29, 1.82) is 0 Å². The summed E-state index contributed by atoms with van der Waals surface area (Å²) in [6.45, 7) is 1.50. The number of aromatic nitrogens is 2. The molecule has 0 bridgehead atoms. The van der Waals surface area contributed by atoms with Crippen molar-refractivity contribution in [1.82, 2.24) is 14.5 Å². The number of hydrogen-bond acceptors (Lipinski definition) is 5. The van der Waals surface area contributed by atoms with Crippen molar-refractivity contribution in [3.05, 3.63) is 148 Å². The molecular weight excluding hydrogens is 619 g/mol. The number of benzene rings is 4. The predicted octanol–water partition coefficient (Wildman–Crippen LogP) is 6.99. The van der Waals surface area contributed by atoms with Gasteiger partial charge in [0.1, 0.15) is 10.4 Å². The molecule has 8 nitrogen and oxygen atoms in total. The Bertz CT molecular complexity index is 1960. The van der Waals surface area contributed by atoms with Gasteiger partial charge in [0.2, 0.25) is 0 Å². The standard InChI is InChI=1S/C39H39N5O3S/c45-38(41-37-33-20-10-12-28(33)26-29-13-11-21-34(29)37)42-48(46,36-27-40-44-23-25-47-24-22-35(36)44)43-39(30-14-4-1-5-15-30,31-16-6-2-7-17-31)32-18-8-3-9-19-32/h1-9,14-19,26-27H,10-13,20-25H2,(H2,41,42,43,45,46). The van der Waals surface area contributed by atoms with Crippen LogP contribution in [-0.4, -0.2) is 33.2 Å². The van der Waals surface area contributed by atoms with Crippen molar-refractivity contribution in [3.8, 4) is 0 Å². The van der Waals surface area contributed by atoms with Gasteiger partial charge in [-0.25, -0.2) is 13.7 Å². The number of ether oxygens (including phenoxy) is 1. The number of carbonyl (C=O) groups excluding carboxylic acids is 1. The Hall–Kier alpha value is -4.73. The zero-order valence-corrected chi connectivity index (χ0v) is 27.7. The van der Waals surface area contributed by atoms with E-state index < -0.39 is 21.5 Å². The fraction of sp³-hybridized carbons (Fsp3) is 0.282. The summed E-state index contributed by atoms with van der Waals surface area (Å²) in [7, 11) is -3.71. The highest BCUT2D eigenvalue weighted by molar-refractivity contribution is 7.92. The van der Waals surface area contributed by atoms with Gasteiger partial charge in [-0.15, -0.1) is 0 Å². The first kappa shape index (κ1) is 30.6. The number of amides is 2. The number of urea groups is 1. The first-order valence-corrected chi connectivity index (χ1v) is 18.4. The second-order valence-corrected chi connectivity index (χ2v) is 14.6. The molecule has 2 N–H and O–H groups in total. The number of carbonyl (C=O) groups is 1. The molecule has 0 radical (unpaired) electrons. The topological polar surface area (TPSA) is 97.6 Å². The van der Waals surface area contributed by atoms with E-state index >= 15 is 4.21 Å². The van der Waals surface area contributed by atoms with E-state index in [1.165, 1.54) is 22.3 Å². The fourth-order valence-corrected chi connectivity index (χ4v) is 9.71. The third-order valence-corrected chi connectivity index (χ3v) is 11.9. The van der Waals surface area contributed by atoms with E-state index in [2.05, 4.69) is 21.2 Å². The van der Waals surface area contributed by atoms with Gasteiger partial charge in [0.05, 0.1) is 31.6 Å². The molecular formula is C39H39N5O3S. The van der Waals surface area contributed by atoms with Crippen LogP contribution in [-0.2, 0) is 58.8 Å². The maximum absolute atomic E-state index is 16.0. The summed E-state index contributed by atoms with van der Waals surface area (Å²) in [6.07, 6.45) is 8.14. The van der Waals surface area contributed by atoms with E-state index in [9.17, 15) is 4.79 Å². The predicted molar refractivity (Wildman–Crippen MR) is 187 cm³/mol. The van der Waals surface area contributed by atoms with Gasteiger partial charge in [-0.1, -0.05) is 97.1 Å². The maximum Gasteiger partial charge on any atom is 0.331 e. The minimum absolute atomic E-state index is 0.402. The third kappa shape index (κ3) is 5.41. The van der Waals surface area contributed by atoms with Gasteiger partial charge in [-0.2, -0.15) is 9.46 Å². The molecule has 2 aliphatic carbocycles. The van der Waals surface area contributed by atoms with Gasteiger partial charge in [0.15, 0.2) is 9.92 Å². The van der Waals surface area contributed by atoms with Crippen molar-refractivity contribution in [2.75, 3.05) is 18.5 Å². The van der Waals surface area contributed by atoms with E-state index in [0.717, 1.165) is 66.6 Å². The monoisotopic (exact) mass is 657 g/mol. The summed E-state index contributed by atoms with van der Waals surface area (Å²) in [5.41, 5.74) is 7.94. The highest BCUT2D eigenvalue weighted by atomic mass is 32.2.